The van der Waals surface area contributed by atoms with Crippen molar-refractivity contribution in [3.8, 4) is 0 Å². The molecule has 0 radical (unpaired) electrons. The molecule has 0 saturated carbocycles. The van der Waals surface area contributed by atoms with E-state index in [9.17, 15) is 14.4 Å². The van der Waals surface area contributed by atoms with E-state index in [0.29, 0.717) is 42.5 Å². The van der Waals surface area contributed by atoms with Crippen molar-refractivity contribution in [2.75, 3.05) is 23.7 Å². The minimum Gasteiger partial charge on any atom is -0.337 e. The van der Waals surface area contributed by atoms with E-state index in [-0.39, 0.29) is 17.7 Å². The Balaban J connectivity index is 1.85. The van der Waals surface area contributed by atoms with Crippen LogP contribution in [0.1, 0.15) is 60.4 Å². The number of nitrogens with one attached hydrogen (secondary N) is 2. The van der Waals surface area contributed by atoms with E-state index in [1.165, 1.54) is 6.92 Å². The monoisotopic (exact) mass is 397 g/mol. The van der Waals surface area contributed by atoms with Gasteiger partial charge in [-0.2, -0.15) is 0 Å². The summed E-state index contributed by atoms with van der Waals surface area (Å²) in [4.78, 5) is 43.1. The Morgan fingerprint density at radius 1 is 1.03 bits per heavy atom. The van der Waals surface area contributed by atoms with Gasteiger partial charge in [-0.05, 0) is 57.4 Å². The lowest BCUT2D eigenvalue weighted by atomic mass is 10.1. The van der Waals surface area contributed by atoms with Crippen LogP contribution in [0.25, 0.3) is 0 Å². The topological polar surface area (TPSA) is 96.3 Å². The zero-order valence-corrected chi connectivity index (χ0v) is 17.1. The van der Waals surface area contributed by atoms with Crippen molar-refractivity contribution >= 4 is 29.1 Å². The molecule has 1 aliphatic heterocycles. The first kappa shape index (κ1) is 20.6. The number of anilines is 2. The minimum absolute atomic E-state index is 0.142. The molecular formula is C21H27N5O3. The van der Waals surface area contributed by atoms with Crippen molar-refractivity contribution in [1.82, 2.24) is 14.5 Å². The molecule has 0 aliphatic carbocycles. The Labute approximate surface area is 170 Å². The molecule has 0 atom stereocenters. The molecule has 3 amide bonds. The van der Waals surface area contributed by atoms with Gasteiger partial charge in [0.1, 0.15) is 0 Å². The van der Waals surface area contributed by atoms with Crippen LogP contribution in [-0.2, 0) is 17.8 Å². The maximum Gasteiger partial charge on any atom is 0.289 e. The van der Waals surface area contributed by atoms with E-state index in [1.807, 2.05) is 18.4 Å². The van der Waals surface area contributed by atoms with Crippen molar-refractivity contribution in [2.24, 2.45) is 0 Å². The second-order valence-corrected chi connectivity index (χ2v) is 7.03. The number of aromatic nitrogens is 2. The predicted octanol–water partition coefficient (Wildman–Crippen LogP) is 2.91. The third kappa shape index (κ3) is 4.47. The van der Waals surface area contributed by atoms with Crippen molar-refractivity contribution in [3.05, 3.63) is 41.5 Å². The lowest BCUT2D eigenvalue weighted by Gasteiger charge is -2.21. The molecule has 2 N–H and O–H groups in total. The Morgan fingerprint density at radius 2 is 1.66 bits per heavy atom. The number of hydrogen-bond acceptors (Lipinski definition) is 4. The van der Waals surface area contributed by atoms with Gasteiger partial charge in [-0.1, -0.05) is 0 Å². The van der Waals surface area contributed by atoms with Crippen molar-refractivity contribution in [1.29, 1.82) is 0 Å². The van der Waals surface area contributed by atoms with Crippen molar-refractivity contribution in [2.45, 2.75) is 46.6 Å². The van der Waals surface area contributed by atoms with Gasteiger partial charge in [-0.15, -0.1) is 0 Å². The van der Waals surface area contributed by atoms with E-state index in [1.54, 1.807) is 29.2 Å². The maximum atomic E-state index is 12.9. The average Bonchev–Trinajstić information content (AvgIpc) is 3.10. The van der Waals surface area contributed by atoms with Gasteiger partial charge in [-0.25, -0.2) is 4.98 Å². The summed E-state index contributed by atoms with van der Waals surface area (Å²) in [6.07, 6.45) is 2.66. The highest BCUT2D eigenvalue weighted by Gasteiger charge is 2.29. The predicted molar refractivity (Wildman–Crippen MR) is 111 cm³/mol. The fourth-order valence-electron chi connectivity index (χ4n) is 3.57. The van der Waals surface area contributed by atoms with Crippen LogP contribution in [0.3, 0.4) is 0 Å². The Bertz CT molecular complexity index is 913. The summed E-state index contributed by atoms with van der Waals surface area (Å²) in [6.45, 7) is 7.19. The van der Waals surface area contributed by atoms with E-state index in [2.05, 4.69) is 15.6 Å². The number of fused-ring (bicyclic) bond motifs is 1. The van der Waals surface area contributed by atoms with E-state index in [4.69, 9.17) is 0 Å². The fraction of sp³-hybridized carbons (Fsp3) is 0.429. The van der Waals surface area contributed by atoms with Crippen molar-refractivity contribution in [3.63, 3.8) is 0 Å². The molecule has 1 aliphatic rings. The van der Waals surface area contributed by atoms with Gasteiger partial charge in [0.15, 0.2) is 11.5 Å². The quantitative estimate of drug-likeness (QED) is 0.783. The highest BCUT2D eigenvalue weighted by Crippen LogP contribution is 2.23. The molecule has 2 aromatic rings. The van der Waals surface area contributed by atoms with Gasteiger partial charge in [0.05, 0.1) is 5.69 Å². The summed E-state index contributed by atoms with van der Waals surface area (Å²) in [5.41, 5.74) is 2.38. The number of imidazole rings is 1. The molecule has 0 bridgehead atoms. The molecule has 0 saturated heterocycles. The second kappa shape index (κ2) is 8.89. The molecule has 0 fully saturated rings. The van der Waals surface area contributed by atoms with Crippen LogP contribution < -0.4 is 10.6 Å². The zero-order valence-electron chi connectivity index (χ0n) is 17.1. The van der Waals surface area contributed by atoms with Crippen LogP contribution in [0, 0.1) is 0 Å². The van der Waals surface area contributed by atoms with Crippen LogP contribution in [0.4, 0.5) is 11.4 Å². The van der Waals surface area contributed by atoms with E-state index < -0.39 is 0 Å². The molecule has 1 aromatic carbocycles. The largest absolute Gasteiger partial charge is 0.337 e. The van der Waals surface area contributed by atoms with E-state index >= 15 is 0 Å². The summed E-state index contributed by atoms with van der Waals surface area (Å²) >= 11 is 0. The van der Waals surface area contributed by atoms with Crippen LogP contribution in [0.5, 0.6) is 0 Å². The van der Waals surface area contributed by atoms with Crippen LogP contribution >= 0.6 is 0 Å². The normalized spacial score (nSPS) is 12.8. The molecule has 29 heavy (non-hydrogen) atoms. The summed E-state index contributed by atoms with van der Waals surface area (Å²) in [6, 6.07) is 6.87. The average molecular weight is 397 g/mol. The lowest BCUT2D eigenvalue weighted by molar-refractivity contribution is -0.114. The van der Waals surface area contributed by atoms with E-state index in [0.717, 1.165) is 25.0 Å². The minimum atomic E-state index is -0.332. The maximum absolute atomic E-state index is 12.9. The Morgan fingerprint density at radius 3 is 2.24 bits per heavy atom. The molecule has 8 heteroatoms. The third-order valence-electron chi connectivity index (χ3n) is 5.04. The van der Waals surface area contributed by atoms with Crippen LogP contribution in [0.2, 0.25) is 0 Å². The first-order valence-corrected chi connectivity index (χ1v) is 10.0. The third-order valence-corrected chi connectivity index (χ3v) is 5.04. The van der Waals surface area contributed by atoms with Crippen LogP contribution in [0.15, 0.2) is 24.3 Å². The smallest absolute Gasteiger partial charge is 0.289 e. The highest BCUT2D eigenvalue weighted by atomic mass is 16.2. The molecule has 2 heterocycles. The molecular weight excluding hydrogens is 370 g/mol. The number of benzene rings is 1. The molecule has 1 aromatic heterocycles. The van der Waals surface area contributed by atoms with Gasteiger partial charge in [0, 0.05) is 37.9 Å². The number of rotatable bonds is 6. The number of carbonyl (C=O) groups excluding carboxylic acids is 3. The summed E-state index contributed by atoms with van der Waals surface area (Å²) in [7, 11) is 0. The Hall–Kier alpha value is -3.16. The summed E-state index contributed by atoms with van der Waals surface area (Å²) in [5.74, 6) is -0.287. The first-order valence-electron chi connectivity index (χ1n) is 10.0. The second-order valence-electron chi connectivity index (χ2n) is 7.03. The van der Waals surface area contributed by atoms with Crippen molar-refractivity contribution < 1.29 is 14.4 Å². The standard InChI is InChI=1S/C21H27N5O3/c1-4-25(5-2)21(29)19-24-18(17-8-6-7-13-26(17)19)20(28)23-16-11-9-15(10-12-16)22-14(3)27/h9-12H,4-8,13H2,1-3H3,(H,22,27)(H,23,28). The lowest BCUT2D eigenvalue weighted by Crippen LogP contribution is -2.33. The molecule has 8 nitrogen and oxygen atoms in total. The molecule has 0 unspecified atom stereocenters. The number of carbonyl (C=O) groups is 3. The number of amides is 3. The molecule has 154 valence electrons. The SMILES string of the molecule is CCN(CC)C(=O)c1nc(C(=O)Nc2ccc(NC(C)=O)cc2)c2n1CCCC2. The van der Waals surface area contributed by atoms with Gasteiger partial charge < -0.3 is 20.1 Å². The Kier molecular flexibility index (Phi) is 6.31. The summed E-state index contributed by atoms with van der Waals surface area (Å²) < 4.78 is 1.90. The zero-order chi connectivity index (χ0) is 21.0. The fourth-order valence-corrected chi connectivity index (χ4v) is 3.57. The van der Waals surface area contributed by atoms with Gasteiger partial charge in [0.25, 0.3) is 11.8 Å². The summed E-state index contributed by atoms with van der Waals surface area (Å²) in [5, 5.41) is 5.53. The molecule has 3 rings (SSSR count). The molecule has 0 spiro atoms. The van der Waals surface area contributed by atoms with Gasteiger partial charge in [0.2, 0.25) is 5.91 Å². The highest BCUT2D eigenvalue weighted by molar-refractivity contribution is 6.05. The van der Waals surface area contributed by atoms with Gasteiger partial charge in [-0.3, -0.25) is 14.4 Å². The van der Waals surface area contributed by atoms with Gasteiger partial charge >= 0.3 is 0 Å². The van der Waals surface area contributed by atoms with Crippen LogP contribution in [-0.4, -0.2) is 45.3 Å². The number of nitrogens with zero attached hydrogens (tertiary/aromatic N) is 3. The first-order chi connectivity index (χ1) is 13.9. The number of hydrogen-bond donors (Lipinski definition) is 2.